The van der Waals surface area contributed by atoms with E-state index in [2.05, 4.69) is 26.5 Å². The summed E-state index contributed by atoms with van der Waals surface area (Å²) < 4.78 is 5.43. The predicted octanol–water partition coefficient (Wildman–Crippen LogP) is 2.53. The van der Waals surface area contributed by atoms with Crippen LogP contribution in [0.3, 0.4) is 0 Å². The normalized spacial score (nSPS) is 11.1. The maximum Gasteiger partial charge on any atom is 0.223 e. The summed E-state index contributed by atoms with van der Waals surface area (Å²) in [4.78, 5) is 5.62. The lowest BCUT2D eigenvalue weighted by Crippen LogP contribution is -2.15. The molecule has 0 aliphatic rings. The van der Waals surface area contributed by atoms with E-state index in [9.17, 15) is 5.26 Å². The number of benzene rings is 1. The minimum Gasteiger partial charge on any atom is -0.496 e. The first-order chi connectivity index (χ1) is 11.5. The number of aromatic nitrogens is 5. The fourth-order valence-electron chi connectivity index (χ4n) is 2.30. The van der Waals surface area contributed by atoms with Gasteiger partial charge in [0, 0.05) is 17.8 Å². The SMILES string of the molecule is COc1cc(-n2nnc(-c3ccccn3)n2)ccc1C(C)(C)C#N. The molecule has 0 aliphatic carbocycles. The molecular weight excluding hydrogens is 304 g/mol. The molecule has 0 saturated heterocycles. The van der Waals surface area contributed by atoms with E-state index < -0.39 is 5.41 Å². The Labute approximate surface area is 139 Å². The quantitative estimate of drug-likeness (QED) is 0.734. The number of hydrogen-bond acceptors (Lipinski definition) is 6. The van der Waals surface area contributed by atoms with Gasteiger partial charge in [0.1, 0.15) is 11.4 Å². The molecule has 0 unspecified atom stereocenters. The average molecular weight is 320 g/mol. The molecule has 0 spiro atoms. The summed E-state index contributed by atoms with van der Waals surface area (Å²) >= 11 is 0. The first-order valence-corrected chi connectivity index (χ1v) is 7.37. The molecule has 0 amide bonds. The highest BCUT2D eigenvalue weighted by Gasteiger charge is 2.24. The van der Waals surface area contributed by atoms with Crippen LogP contribution in [-0.4, -0.2) is 32.3 Å². The van der Waals surface area contributed by atoms with E-state index in [0.29, 0.717) is 23.0 Å². The Kier molecular flexibility index (Phi) is 3.96. The molecule has 2 aromatic heterocycles. The predicted molar refractivity (Wildman–Crippen MR) is 87.6 cm³/mol. The molecule has 0 bridgehead atoms. The Morgan fingerprint density at radius 1 is 1.21 bits per heavy atom. The van der Waals surface area contributed by atoms with Crippen molar-refractivity contribution in [2.24, 2.45) is 0 Å². The highest BCUT2D eigenvalue weighted by molar-refractivity contribution is 5.50. The number of nitriles is 1. The van der Waals surface area contributed by atoms with Gasteiger partial charge in [-0.15, -0.1) is 15.0 Å². The molecule has 0 N–H and O–H groups in total. The molecule has 0 radical (unpaired) electrons. The summed E-state index contributed by atoms with van der Waals surface area (Å²) in [6.07, 6.45) is 1.68. The number of tetrazole rings is 1. The second kappa shape index (κ2) is 6.08. The highest BCUT2D eigenvalue weighted by atomic mass is 16.5. The van der Waals surface area contributed by atoms with Gasteiger partial charge in [-0.1, -0.05) is 12.1 Å². The number of methoxy groups -OCH3 is 1. The lowest BCUT2D eigenvalue weighted by atomic mass is 9.85. The fourth-order valence-corrected chi connectivity index (χ4v) is 2.30. The van der Waals surface area contributed by atoms with Gasteiger partial charge < -0.3 is 4.74 Å². The molecular formula is C17H16N6O. The molecule has 0 saturated carbocycles. The summed E-state index contributed by atoms with van der Waals surface area (Å²) in [5, 5.41) is 21.8. The van der Waals surface area contributed by atoms with Crippen LogP contribution >= 0.6 is 0 Å². The molecule has 7 nitrogen and oxygen atoms in total. The third kappa shape index (κ3) is 2.82. The van der Waals surface area contributed by atoms with Crippen LogP contribution in [0.15, 0.2) is 42.6 Å². The number of ether oxygens (including phenoxy) is 1. The zero-order valence-corrected chi connectivity index (χ0v) is 13.6. The van der Waals surface area contributed by atoms with Crippen LogP contribution < -0.4 is 4.74 Å². The molecule has 1 aromatic carbocycles. The van der Waals surface area contributed by atoms with Crippen molar-refractivity contribution < 1.29 is 4.74 Å². The molecule has 0 fully saturated rings. The molecule has 2 heterocycles. The lowest BCUT2D eigenvalue weighted by molar-refractivity contribution is 0.402. The first-order valence-electron chi connectivity index (χ1n) is 7.37. The minimum atomic E-state index is -0.654. The molecule has 120 valence electrons. The lowest BCUT2D eigenvalue weighted by Gasteiger charge is -2.19. The van der Waals surface area contributed by atoms with Gasteiger partial charge >= 0.3 is 0 Å². The monoisotopic (exact) mass is 320 g/mol. The van der Waals surface area contributed by atoms with Gasteiger partial charge in [0.05, 0.1) is 24.3 Å². The van der Waals surface area contributed by atoms with Crippen molar-refractivity contribution >= 4 is 0 Å². The van der Waals surface area contributed by atoms with Crippen molar-refractivity contribution in [1.82, 2.24) is 25.2 Å². The van der Waals surface area contributed by atoms with Crippen LogP contribution in [0.1, 0.15) is 19.4 Å². The Morgan fingerprint density at radius 2 is 2.04 bits per heavy atom. The average Bonchev–Trinajstić information content (AvgIpc) is 3.12. The van der Waals surface area contributed by atoms with Crippen LogP contribution in [-0.2, 0) is 5.41 Å². The Morgan fingerprint density at radius 3 is 2.71 bits per heavy atom. The highest BCUT2D eigenvalue weighted by Crippen LogP contribution is 2.32. The maximum absolute atomic E-state index is 9.33. The smallest absolute Gasteiger partial charge is 0.223 e. The Bertz CT molecular complexity index is 895. The third-order valence-corrected chi connectivity index (χ3v) is 3.68. The van der Waals surface area contributed by atoms with E-state index in [4.69, 9.17) is 4.74 Å². The van der Waals surface area contributed by atoms with Gasteiger partial charge in [-0.25, -0.2) is 0 Å². The summed E-state index contributed by atoms with van der Waals surface area (Å²) in [6.45, 7) is 3.69. The molecule has 3 aromatic rings. The summed E-state index contributed by atoms with van der Waals surface area (Å²) in [5.74, 6) is 1.05. The number of rotatable bonds is 4. The molecule has 24 heavy (non-hydrogen) atoms. The van der Waals surface area contributed by atoms with Crippen molar-refractivity contribution in [2.75, 3.05) is 7.11 Å². The summed E-state index contributed by atoms with van der Waals surface area (Å²) in [7, 11) is 1.57. The van der Waals surface area contributed by atoms with Crippen molar-refractivity contribution in [1.29, 1.82) is 5.26 Å². The van der Waals surface area contributed by atoms with E-state index in [0.717, 1.165) is 5.56 Å². The number of pyridine rings is 1. The number of nitrogens with zero attached hydrogens (tertiary/aromatic N) is 6. The van der Waals surface area contributed by atoms with Gasteiger partial charge in [-0.05, 0) is 37.3 Å². The zero-order chi connectivity index (χ0) is 17.2. The van der Waals surface area contributed by atoms with Crippen LogP contribution in [0.2, 0.25) is 0 Å². The Hall–Kier alpha value is -3.27. The zero-order valence-electron chi connectivity index (χ0n) is 13.6. The van der Waals surface area contributed by atoms with E-state index in [-0.39, 0.29) is 0 Å². The van der Waals surface area contributed by atoms with E-state index in [1.165, 1.54) is 4.80 Å². The minimum absolute atomic E-state index is 0.441. The van der Waals surface area contributed by atoms with E-state index >= 15 is 0 Å². The summed E-state index contributed by atoms with van der Waals surface area (Å²) in [6, 6.07) is 13.3. The molecule has 0 atom stereocenters. The van der Waals surface area contributed by atoms with Crippen molar-refractivity contribution in [3.63, 3.8) is 0 Å². The Balaban J connectivity index is 2.00. The number of hydrogen-bond donors (Lipinski definition) is 0. The van der Waals surface area contributed by atoms with Crippen LogP contribution in [0, 0.1) is 11.3 Å². The van der Waals surface area contributed by atoms with Crippen molar-refractivity contribution in [2.45, 2.75) is 19.3 Å². The largest absolute Gasteiger partial charge is 0.496 e. The second-order valence-electron chi connectivity index (χ2n) is 5.74. The van der Waals surface area contributed by atoms with E-state index in [1.54, 1.807) is 19.4 Å². The second-order valence-corrected chi connectivity index (χ2v) is 5.74. The van der Waals surface area contributed by atoms with Gasteiger partial charge in [0.25, 0.3) is 0 Å². The van der Waals surface area contributed by atoms with Gasteiger partial charge in [-0.3, -0.25) is 4.98 Å². The van der Waals surface area contributed by atoms with Gasteiger partial charge in [0.15, 0.2) is 0 Å². The van der Waals surface area contributed by atoms with Crippen LogP contribution in [0.4, 0.5) is 0 Å². The maximum atomic E-state index is 9.33. The fraction of sp³-hybridized carbons (Fsp3) is 0.235. The van der Waals surface area contributed by atoms with Gasteiger partial charge in [0.2, 0.25) is 5.82 Å². The first kappa shape index (κ1) is 15.6. The third-order valence-electron chi connectivity index (χ3n) is 3.68. The van der Waals surface area contributed by atoms with Gasteiger partial charge in [-0.2, -0.15) is 5.26 Å². The van der Waals surface area contributed by atoms with Crippen LogP contribution in [0.25, 0.3) is 17.2 Å². The standard InChI is InChI=1S/C17H16N6O/c1-17(2,11-18)13-8-7-12(10-15(13)24-3)23-21-16(20-22-23)14-6-4-5-9-19-14/h4-10H,1-3H3. The molecule has 0 aliphatic heterocycles. The van der Waals surface area contributed by atoms with Crippen molar-refractivity contribution in [3.05, 3.63) is 48.2 Å². The topological polar surface area (TPSA) is 89.5 Å². The van der Waals surface area contributed by atoms with Crippen LogP contribution in [0.5, 0.6) is 5.75 Å². The summed E-state index contributed by atoms with van der Waals surface area (Å²) in [5.41, 5.74) is 1.50. The van der Waals surface area contributed by atoms with Crippen molar-refractivity contribution in [3.8, 4) is 29.0 Å². The van der Waals surface area contributed by atoms with E-state index in [1.807, 2.05) is 44.2 Å². The molecule has 3 rings (SSSR count). The molecule has 7 heteroatoms.